The molecule has 0 fully saturated rings. The molecule has 3 rings (SSSR count). The predicted octanol–water partition coefficient (Wildman–Crippen LogP) is 1.56. The maximum Gasteiger partial charge on any atom is 0.203 e. The minimum atomic E-state index is -0.294. The summed E-state index contributed by atoms with van der Waals surface area (Å²) in [6.45, 7) is 0. The third kappa shape index (κ3) is 6.20. The van der Waals surface area contributed by atoms with Crippen LogP contribution in [0.15, 0.2) is 78.9 Å². The summed E-state index contributed by atoms with van der Waals surface area (Å²) in [4.78, 5) is 3.08. The molecule has 0 unspecified atom stereocenters. The number of nitrogens with one attached hydrogen (secondary N) is 2. The number of rotatable bonds is 5. The number of anilines is 1. The van der Waals surface area contributed by atoms with Crippen molar-refractivity contribution in [1.29, 1.82) is 0 Å². The second-order valence-electron chi connectivity index (χ2n) is 5.54. The van der Waals surface area contributed by atoms with Crippen LogP contribution in [0, 0.1) is 11.6 Å². The van der Waals surface area contributed by atoms with Crippen molar-refractivity contribution >= 4 is 34.9 Å². The van der Waals surface area contributed by atoms with Gasteiger partial charge in [-0.1, -0.05) is 23.7 Å². The normalized spacial score (nSPS) is 11.3. The number of hydrogen-bond donors (Lipinski definition) is 2. The Hall–Kier alpha value is -2.69. The lowest BCUT2D eigenvalue weighted by Gasteiger charge is -2.10. The van der Waals surface area contributed by atoms with E-state index in [-0.39, 0.29) is 24.0 Å². The molecule has 3 aromatic carbocycles. The summed E-state index contributed by atoms with van der Waals surface area (Å²) in [5.41, 5.74) is 3.22. The third-order valence-corrected chi connectivity index (χ3v) is 3.87. The first-order chi connectivity index (χ1) is 12.6. The lowest BCUT2D eigenvalue weighted by molar-refractivity contribution is -0.346. The highest BCUT2D eigenvalue weighted by Gasteiger charge is 2.04. The highest BCUT2D eigenvalue weighted by molar-refractivity contribution is 6.30. The van der Waals surface area contributed by atoms with Gasteiger partial charge in [-0.15, -0.1) is 0 Å². The average molecular weight is 405 g/mol. The molecule has 2 nitrogen and oxygen atoms in total. The fraction of sp³-hybridized carbons (Fsp3) is 0. The van der Waals surface area contributed by atoms with Crippen molar-refractivity contribution in [3.05, 3.63) is 101 Å². The van der Waals surface area contributed by atoms with Gasteiger partial charge in [0.15, 0.2) is 6.21 Å². The molecule has 0 radical (unpaired) electrons. The summed E-state index contributed by atoms with van der Waals surface area (Å²) in [5.74, 6) is -0.581. The standard InChI is InChI=1S/C21H15ClF2N2.ClH/c22-16-3-1-15(2-4-16)21(26-20-11-7-18(24)8-12-20)13-14-25-19-9-5-17(23)6-10-19;/h1-14,26H;1H/b21-13+,25-14?;. The average Bonchev–Trinajstić information content (AvgIpc) is 2.65. The molecule has 0 saturated carbocycles. The molecule has 0 aromatic heterocycles. The number of hydrogen-bond acceptors (Lipinski definition) is 1. The van der Waals surface area contributed by atoms with Crippen molar-refractivity contribution in [2.24, 2.45) is 0 Å². The maximum atomic E-state index is 13.1. The maximum absolute atomic E-state index is 13.1. The van der Waals surface area contributed by atoms with Crippen LogP contribution in [0.4, 0.5) is 20.2 Å². The molecule has 0 heterocycles. The van der Waals surface area contributed by atoms with E-state index >= 15 is 0 Å². The second-order valence-corrected chi connectivity index (χ2v) is 5.97. The van der Waals surface area contributed by atoms with E-state index in [1.54, 1.807) is 42.6 Å². The van der Waals surface area contributed by atoms with Crippen molar-refractivity contribution < 1.29 is 26.2 Å². The summed E-state index contributed by atoms with van der Waals surface area (Å²) >= 11 is 5.96. The van der Waals surface area contributed by atoms with Crippen LogP contribution < -0.4 is 22.7 Å². The first-order valence-corrected chi connectivity index (χ1v) is 8.32. The molecule has 0 aliphatic heterocycles. The molecular formula is C21H16Cl2F2N2. The van der Waals surface area contributed by atoms with Gasteiger partial charge in [-0.05, 0) is 54.1 Å². The predicted molar refractivity (Wildman–Crippen MR) is 103 cm³/mol. The Balaban J connectivity index is 0.00000261. The Morgan fingerprint density at radius 2 is 1.37 bits per heavy atom. The van der Waals surface area contributed by atoms with Gasteiger partial charge >= 0.3 is 0 Å². The van der Waals surface area contributed by atoms with Crippen LogP contribution >= 0.6 is 11.6 Å². The van der Waals surface area contributed by atoms with Gasteiger partial charge in [0, 0.05) is 28.9 Å². The number of allylic oxidation sites excluding steroid dienone is 1. The first-order valence-electron chi connectivity index (χ1n) is 7.94. The summed E-state index contributed by atoms with van der Waals surface area (Å²) in [5, 5.41) is 3.90. The molecule has 6 heteroatoms. The van der Waals surface area contributed by atoms with Crippen molar-refractivity contribution in [3.8, 4) is 0 Å². The smallest absolute Gasteiger partial charge is 0.203 e. The molecule has 0 aliphatic rings. The lowest BCUT2D eigenvalue weighted by atomic mass is 10.1. The summed E-state index contributed by atoms with van der Waals surface area (Å²) in [6, 6.07) is 19.5. The summed E-state index contributed by atoms with van der Waals surface area (Å²) in [7, 11) is 0. The van der Waals surface area contributed by atoms with E-state index in [9.17, 15) is 8.78 Å². The fourth-order valence-electron chi connectivity index (χ4n) is 2.30. The number of benzene rings is 3. The van der Waals surface area contributed by atoms with Gasteiger partial charge in [-0.2, -0.15) is 0 Å². The minimum absolute atomic E-state index is 0. The minimum Gasteiger partial charge on any atom is -1.00 e. The van der Waals surface area contributed by atoms with Gasteiger partial charge in [0.1, 0.15) is 11.6 Å². The largest absolute Gasteiger partial charge is 1.00 e. The Kier molecular flexibility index (Phi) is 7.53. The van der Waals surface area contributed by atoms with Gasteiger partial charge in [-0.25, -0.2) is 13.8 Å². The van der Waals surface area contributed by atoms with Crippen molar-refractivity contribution in [2.75, 3.05) is 5.32 Å². The van der Waals surface area contributed by atoms with E-state index in [0.29, 0.717) is 5.02 Å². The monoisotopic (exact) mass is 404 g/mol. The zero-order valence-electron chi connectivity index (χ0n) is 14.1. The second kappa shape index (κ2) is 9.86. The van der Waals surface area contributed by atoms with Gasteiger partial charge in [0.2, 0.25) is 5.69 Å². The highest BCUT2D eigenvalue weighted by Crippen LogP contribution is 2.20. The van der Waals surface area contributed by atoms with Crippen molar-refractivity contribution in [2.45, 2.75) is 0 Å². The molecule has 0 amide bonds. The molecule has 3 aromatic rings. The molecule has 2 N–H and O–H groups in total. The molecular weight excluding hydrogens is 389 g/mol. The lowest BCUT2D eigenvalue weighted by Crippen LogP contribution is -3.00. The Labute approximate surface area is 167 Å². The molecule has 0 bridgehead atoms. The van der Waals surface area contributed by atoms with Crippen LogP contribution in [-0.4, -0.2) is 6.21 Å². The summed E-state index contributed by atoms with van der Waals surface area (Å²) < 4.78 is 26.1. The zero-order chi connectivity index (χ0) is 18.4. The van der Waals surface area contributed by atoms with Crippen molar-refractivity contribution in [1.82, 2.24) is 0 Å². The van der Waals surface area contributed by atoms with Crippen molar-refractivity contribution in [3.63, 3.8) is 0 Å². The summed E-state index contributed by atoms with van der Waals surface area (Å²) in [6.07, 6.45) is 3.59. The van der Waals surface area contributed by atoms with Gasteiger partial charge in [0.25, 0.3) is 0 Å². The topological polar surface area (TPSA) is 26.0 Å². The van der Waals surface area contributed by atoms with Crippen LogP contribution in [0.25, 0.3) is 5.70 Å². The zero-order valence-corrected chi connectivity index (χ0v) is 15.6. The van der Waals surface area contributed by atoms with E-state index in [0.717, 1.165) is 22.6 Å². The third-order valence-electron chi connectivity index (χ3n) is 3.62. The quantitative estimate of drug-likeness (QED) is 0.620. The van der Waals surface area contributed by atoms with Crippen LogP contribution in [0.2, 0.25) is 5.02 Å². The van der Waals surface area contributed by atoms with Crippen LogP contribution in [0.1, 0.15) is 5.56 Å². The molecule has 0 spiro atoms. The van der Waals surface area contributed by atoms with Gasteiger partial charge in [-0.3, -0.25) is 0 Å². The SMILES string of the molecule is Fc1ccc(N/C(=C/C=[NH+]c2ccc(F)cc2)c2ccc(Cl)cc2)cc1.[Cl-]. The van der Waals surface area contributed by atoms with Gasteiger partial charge in [0.05, 0.1) is 5.70 Å². The van der Waals surface area contributed by atoms with Crippen LogP contribution in [0.5, 0.6) is 0 Å². The Bertz CT molecular complexity index is 920. The van der Waals surface area contributed by atoms with E-state index < -0.39 is 0 Å². The van der Waals surface area contributed by atoms with E-state index in [1.165, 1.54) is 24.3 Å². The van der Waals surface area contributed by atoms with Crippen LogP contribution in [-0.2, 0) is 0 Å². The Morgan fingerprint density at radius 3 is 1.96 bits per heavy atom. The van der Waals surface area contributed by atoms with E-state index in [1.807, 2.05) is 18.2 Å². The fourth-order valence-corrected chi connectivity index (χ4v) is 2.42. The molecule has 138 valence electrons. The molecule has 0 aliphatic carbocycles. The molecule has 27 heavy (non-hydrogen) atoms. The molecule has 0 atom stereocenters. The molecule has 0 saturated heterocycles. The Morgan fingerprint density at radius 1 is 0.815 bits per heavy atom. The first kappa shape index (κ1) is 20.6. The van der Waals surface area contributed by atoms with Gasteiger partial charge < -0.3 is 17.7 Å². The van der Waals surface area contributed by atoms with E-state index in [2.05, 4.69) is 10.3 Å². The van der Waals surface area contributed by atoms with Crippen LogP contribution in [0.3, 0.4) is 0 Å². The highest BCUT2D eigenvalue weighted by atomic mass is 35.5. The number of halogens is 4. The van der Waals surface area contributed by atoms with E-state index in [4.69, 9.17) is 11.6 Å².